The fourth-order valence-electron chi connectivity index (χ4n) is 3.01. The van der Waals surface area contributed by atoms with Crippen LogP contribution in [0.4, 0.5) is 0 Å². The maximum atomic E-state index is 12.6. The molecular formula is C21H22N2O3. The molecule has 0 aliphatic carbocycles. The highest BCUT2D eigenvalue weighted by Crippen LogP contribution is 2.27. The lowest BCUT2D eigenvalue weighted by molar-refractivity contribution is 0.0436. The highest BCUT2D eigenvalue weighted by molar-refractivity contribution is 5.93. The Morgan fingerprint density at radius 2 is 1.46 bits per heavy atom. The smallest absolute Gasteiger partial charge is 0.339 e. The Morgan fingerprint density at radius 1 is 0.885 bits per heavy atom. The highest BCUT2D eigenvalue weighted by atomic mass is 16.5. The summed E-state index contributed by atoms with van der Waals surface area (Å²) in [6, 6.07) is 9.47. The van der Waals surface area contributed by atoms with Crippen LogP contribution in [0.2, 0.25) is 0 Å². The molecule has 3 aromatic rings. The summed E-state index contributed by atoms with van der Waals surface area (Å²) in [6.45, 7) is 9.97. The number of rotatable bonds is 4. The third kappa shape index (κ3) is 3.25. The first kappa shape index (κ1) is 17.9. The molecule has 0 spiro atoms. The number of carbonyl (C=O) groups is 1. The molecule has 2 aromatic carbocycles. The van der Waals surface area contributed by atoms with Gasteiger partial charge < -0.3 is 9.15 Å². The van der Waals surface area contributed by atoms with Crippen molar-refractivity contribution in [2.24, 2.45) is 0 Å². The first-order valence-corrected chi connectivity index (χ1v) is 8.52. The fourth-order valence-corrected chi connectivity index (χ4v) is 3.01. The van der Waals surface area contributed by atoms with Crippen LogP contribution in [0.25, 0.3) is 11.5 Å². The average Bonchev–Trinajstić information content (AvgIpc) is 3.13. The first-order valence-electron chi connectivity index (χ1n) is 8.52. The average molecular weight is 350 g/mol. The predicted octanol–water partition coefficient (Wildman–Crippen LogP) is 4.64. The first-order chi connectivity index (χ1) is 12.4. The van der Waals surface area contributed by atoms with Crippen LogP contribution < -0.4 is 0 Å². The summed E-state index contributed by atoms with van der Waals surface area (Å²) in [5.41, 5.74) is 6.79. The summed E-state index contributed by atoms with van der Waals surface area (Å²) in [6.07, 6.45) is 0. The van der Waals surface area contributed by atoms with Gasteiger partial charge in [-0.3, -0.25) is 0 Å². The van der Waals surface area contributed by atoms with E-state index in [0.29, 0.717) is 11.5 Å². The molecule has 0 bridgehead atoms. The highest BCUT2D eigenvalue weighted by Gasteiger charge is 2.20. The number of hydrogen-bond acceptors (Lipinski definition) is 5. The summed E-state index contributed by atoms with van der Waals surface area (Å²) in [4.78, 5) is 12.6. The number of aromatic nitrogens is 2. The minimum atomic E-state index is -0.370. The molecule has 0 saturated heterocycles. The lowest BCUT2D eigenvalue weighted by Crippen LogP contribution is -2.12. The van der Waals surface area contributed by atoms with Crippen LogP contribution in [-0.4, -0.2) is 16.2 Å². The summed E-state index contributed by atoms with van der Waals surface area (Å²) in [5, 5.41) is 7.96. The van der Waals surface area contributed by atoms with Crippen LogP contribution in [0.1, 0.15) is 44.1 Å². The standard InChI is InChI=1S/C21H22N2O3/c1-12-13(2)15(4)19(16(5)14(12)3)21(24)25-11-18-22-23-20(26-18)17-9-7-6-8-10-17/h6-10H,11H2,1-5H3. The van der Waals surface area contributed by atoms with E-state index in [9.17, 15) is 4.79 Å². The number of nitrogens with zero attached hydrogens (tertiary/aromatic N) is 2. The second-order valence-electron chi connectivity index (χ2n) is 6.44. The maximum absolute atomic E-state index is 12.6. The second-order valence-corrected chi connectivity index (χ2v) is 6.44. The van der Waals surface area contributed by atoms with Gasteiger partial charge in [-0.05, 0) is 74.6 Å². The van der Waals surface area contributed by atoms with Crippen molar-refractivity contribution in [3.8, 4) is 11.5 Å². The molecule has 0 aliphatic heterocycles. The zero-order chi connectivity index (χ0) is 18.8. The van der Waals surface area contributed by atoms with Crippen molar-refractivity contribution in [2.75, 3.05) is 0 Å². The summed E-state index contributed by atoms with van der Waals surface area (Å²) >= 11 is 0. The normalized spacial score (nSPS) is 10.8. The van der Waals surface area contributed by atoms with E-state index in [-0.39, 0.29) is 18.5 Å². The van der Waals surface area contributed by atoms with E-state index >= 15 is 0 Å². The molecule has 0 amide bonds. The number of hydrogen-bond donors (Lipinski definition) is 0. The predicted molar refractivity (Wildman–Crippen MR) is 99.0 cm³/mol. The molecule has 0 N–H and O–H groups in total. The molecule has 3 rings (SSSR count). The van der Waals surface area contributed by atoms with Gasteiger partial charge in [-0.25, -0.2) is 4.79 Å². The minimum absolute atomic E-state index is 0.0521. The van der Waals surface area contributed by atoms with E-state index in [4.69, 9.17) is 9.15 Å². The van der Waals surface area contributed by atoms with Crippen molar-refractivity contribution in [1.29, 1.82) is 0 Å². The molecular weight excluding hydrogens is 328 g/mol. The second kappa shape index (κ2) is 7.12. The van der Waals surface area contributed by atoms with Crippen molar-refractivity contribution in [1.82, 2.24) is 10.2 Å². The Balaban J connectivity index is 1.77. The van der Waals surface area contributed by atoms with Gasteiger partial charge in [0.25, 0.3) is 5.89 Å². The van der Waals surface area contributed by atoms with Gasteiger partial charge >= 0.3 is 5.97 Å². The molecule has 0 radical (unpaired) electrons. The summed E-state index contributed by atoms with van der Waals surface area (Å²) in [5.74, 6) is 0.310. The van der Waals surface area contributed by atoms with Gasteiger partial charge in [0.15, 0.2) is 6.61 Å². The lowest BCUT2D eigenvalue weighted by Gasteiger charge is -2.17. The SMILES string of the molecule is Cc1c(C)c(C)c(C(=O)OCc2nnc(-c3ccccc3)o2)c(C)c1C. The molecule has 0 aliphatic rings. The van der Waals surface area contributed by atoms with Crippen molar-refractivity contribution < 1.29 is 13.9 Å². The number of ether oxygens (including phenoxy) is 1. The Hall–Kier alpha value is -2.95. The van der Waals surface area contributed by atoms with Gasteiger partial charge in [0, 0.05) is 5.56 Å². The zero-order valence-electron chi connectivity index (χ0n) is 15.7. The van der Waals surface area contributed by atoms with Gasteiger partial charge in [-0.1, -0.05) is 18.2 Å². The van der Waals surface area contributed by atoms with Crippen molar-refractivity contribution in [3.63, 3.8) is 0 Å². The molecule has 1 heterocycles. The fraction of sp³-hybridized carbons (Fsp3) is 0.286. The van der Waals surface area contributed by atoms with E-state index in [1.165, 1.54) is 5.56 Å². The molecule has 1 aromatic heterocycles. The van der Waals surface area contributed by atoms with E-state index in [2.05, 4.69) is 17.1 Å². The van der Waals surface area contributed by atoms with Gasteiger partial charge in [0.1, 0.15) is 0 Å². The molecule has 0 atom stereocenters. The van der Waals surface area contributed by atoms with Gasteiger partial charge in [-0.2, -0.15) is 0 Å². The van der Waals surface area contributed by atoms with E-state index in [0.717, 1.165) is 27.8 Å². The van der Waals surface area contributed by atoms with Crippen LogP contribution in [0.15, 0.2) is 34.7 Å². The molecule has 134 valence electrons. The molecule has 0 saturated carbocycles. The van der Waals surface area contributed by atoms with Crippen molar-refractivity contribution >= 4 is 5.97 Å². The number of benzene rings is 2. The largest absolute Gasteiger partial charge is 0.452 e. The summed E-state index contributed by atoms with van der Waals surface area (Å²) < 4.78 is 11.0. The molecule has 5 nitrogen and oxygen atoms in total. The number of carbonyl (C=O) groups excluding carboxylic acids is 1. The molecule has 0 unspecified atom stereocenters. The van der Waals surface area contributed by atoms with Crippen LogP contribution in [0.3, 0.4) is 0 Å². The monoisotopic (exact) mass is 350 g/mol. The van der Waals surface area contributed by atoms with E-state index in [1.54, 1.807) is 0 Å². The maximum Gasteiger partial charge on any atom is 0.339 e. The van der Waals surface area contributed by atoms with Gasteiger partial charge in [0.2, 0.25) is 5.89 Å². The zero-order valence-corrected chi connectivity index (χ0v) is 15.7. The minimum Gasteiger partial charge on any atom is -0.452 e. The van der Waals surface area contributed by atoms with Crippen molar-refractivity contribution in [3.05, 3.63) is 69.6 Å². The Bertz CT molecular complexity index is 930. The van der Waals surface area contributed by atoms with Gasteiger partial charge in [-0.15, -0.1) is 10.2 Å². The molecule has 26 heavy (non-hydrogen) atoms. The quantitative estimate of drug-likeness (QED) is 0.642. The van der Waals surface area contributed by atoms with Crippen molar-refractivity contribution in [2.45, 2.75) is 41.2 Å². The third-order valence-corrected chi connectivity index (χ3v) is 5.02. The topological polar surface area (TPSA) is 65.2 Å². The third-order valence-electron chi connectivity index (χ3n) is 5.02. The Labute approximate surface area is 153 Å². The van der Waals surface area contributed by atoms with Crippen LogP contribution in [0.5, 0.6) is 0 Å². The molecule has 5 heteroatoms. The van der Waals surface area contributed by atoms with Gasteiger partial charge in [0.05, 0.1) is 5.56 Å². The van der Waals surface area contributed by atoms with E-state index in [1.807, 2.05) is 58.0 Å². The van der Waals surface area contributed by atoms with Crippen LogP contribution in [-0.2, 0) is 11.3 Å². The lowest BCUT2D eigenvalue weighted by atomic mass is 9.90. The number of esters is 1. The Kier molecular flexibility index (Phi) is 4.89. The Morgan fingerprint density at radius 3 is 2.08 bits per heavy atom. The van der Waals surface area contributed by atoms with Crippen LogP contribution in [0, 0.1) is 34.6 Å². The van der Waals surface area contributed by atoms with Crippen LogP contribution >= 0.6 is 0 Å². The van der Waals surface area contributed by atoms with E-state index < -0.39 is 0 Å². The summed E-state index contributed by atoms with van der Waals surface area (Å²) in [7, 11) is 0. The molecule has 0 fully saturated rings.